The van der Waals surface area contributed by atoms with E-state index in [9.17, 15) is 0 Å². The quantitative estimate of drug-likeness (QED) is 0.808. The summed E-state index contributed by atoms with van der Waals surface area (Å²) in [4.78, 5) is -0.948. The molecule has 1 aliphatic rings. The zero-order chi connectivity index (χ0) is 11.7. The Kier molecular flexibility index (Phi) is 2.30. The molecule has 2 heterocycles. The molecule has 0 saturated heterocycles. The molecule has 1 radical (unpaired) electrons. The van der Waals surface area contributed by atoms with Crippen LogP contribution in [0.5, 0.6) is 0 Å². The number of nitrogens with zero attached hydrogens (tertiary/aromatic N) is 3. The van der Waals surface area contributed by atoms with E-state index in [4.69, 9.17) is 11.6 Å². The normalized spacial score (nSPS) is 22.8. The Bertz CT molecular complexity index is 574. The lowest BCUT2D eigenvalue weighted by Crippen LogP contribution is -2.29. The molecule has 1 aromatic carbocycles. The van der Waals surface area contributed by atoms with Crippen LogP contribution in [0.2, 0.25) is 0 Å². The summed E-state index contributed by atoms with van der Waals surface area (Å²) in [6.07, 6.45) is 4.54. The number of hydrogen-bond acceptors (Lipinski definition) is 3. The Balaban J connectivity index is 2.09. The largest absolute Gasteiger partial charge is 0.285 e. The maximum Gasteiger partial charge on any atom is 0.161 e. The first-order chi connectivity index (χ1) is 8.31. The van der Waals surface area contributed by atoms with Crippen molar-refractivity contribution < 1.29 is 0 Å². The van der Waals surface area contributed by atoms with Crippen LogP contribution in [0.1, 0.15) is 11.3 Å². The van der Waals surface area contributed by atoms with Crippen LogP contribution in [-0.4, -0.2) is 22.1 Å². The van der Waals surface area contributed by atoms with E-state index in [0.717, 1.165) is 5.56 Å². The highest BCUT2D eigenvalue weighted by atomic mass is 35.5. The summed E-state index contributed by atoms with van der Waals surface area (Å²) < 4.78 is 0. The molecule has 4 nitrogen and oxygen atoms in total. The van der Waals surface area contributed by atoms with Crippen LogP contribution < -0.4 is 0 Å². The maximum absolute atomic E-state index is 6.56. The van der Waals surface area contributed by atoms with Gasteiger partial charge in [-0.3, -0.25) is 5.10 Å². The van der Waals surface area contributed by atoms with E-state index in [-0.39, 0.29) is 0 Å². The molecule has 0 spiro atoms. The maximum atomic E-state index is 6.56. The molecule has 1 atom stereocenters. The summed E-state index contributed by atoms with van der Waals surface area (Å²) in [5.41, 5.74) is 2.15. The second-order valence-electron chi connectivity index (χ2n) is 3.64. The van der Waals surface area contributed by atoms with Gasteiger partial charge < -0.3 is 0 Å². The summed E-state index contributed by atoms with van der Waals surface area (Å²) in [6, 6.07) is 11.4. The van der Waals surface area contributed by atoms with Gasteiger partial charge in [0.25, 0.3) is 0 Å². The third-order valence-corrected chi connectivity index (χ3v) is 3.08. The predicted octanol–water partition coefficient (Wildman–Crippen LogP) is 2.21. The molecule has 17 heavy (non-hydrogen) atoms. The average Bonchev–Trinajstić information content (AvgIpc) is 2.99. The van der Waals surface area contributed by atoms with Gasteiger partial charge in [0.05, 0.1) is 0 Å². The fourth-order valence-electron chi connectivity index (χ4n) is 1.75. The number of alkyl halides is 1. The van der Waals surface area contributed by atoms with Gasteiger partial charge in [-0.05, 0) is 11.6 Å². The van der Waals surface area contributed by atoms with E-state index >= 15 is 0 Å². The molecule has 0 bridgehead atoms. The molecule has 1 unspecified atom stereocenters. The van der Waals surface area contributed by atoms with E-state index in [1.807, 2.05) is 30.3 Å². The molecular formula is C12H8ClN4. The van der Waals surface area contributed by atoms with Crippen LogP contribution in [0, 0.1) is 0 Å². The van der Waals surface area contributed by atoms with Gasteiger partial charge in [-0.1, -0.05) is 41.9 Å². The lowest BCUT2D eigenvalue weighted by Gasteiger charge is -2.18. The van der Waals surface area contributed by atoms with E-state index in [1.54, 1.807) is 12.3 Å². The van der Waals surface area contributed by atoms with Crippen LogP contribution in [0.25, 0.3) is 0 Å². The van der Waals surface area contributed by atoms with Crippen molar-refractivity contribution in [1.29, 1.82) is 0 Å². The van der Waals surface area contributed by atoms with Crippen LogP contribution in [0.4, 0.5) is 0 Å². The first kappa shape index (κ1) is 10.2. The van der Waals surface area contributed by atoms with Crippen molar-refractivity contribution in [3.05, 3.63) is 53.9 Å². The van der Waals surface area contributed by atoms with E-state index in [1.165, 1.54) is 0 Å². The van der Waals surface area contributed by atoms with Gasteiger partial charge in [-0.2, -0.15) is 15.3 Å². The lowest BCUT2D eigenvalue weighted by molar-refractivity contribution is 1.05. The van der Waals surface area contributed by atoms with Gasteiger partial charge >= 0.3 is 0 Å². The van der Waals surface area contributed by atoms with Crippen molar-refractivity contribution in [2.24, 2.45) is 10.2 Å². The highest BCUT2D eigenvalue weighted by Gasteiger charge is 2.40. The second-order valence-corrected chi connectivity index (χ2v) is 4.21. The lowest BCUT2D eigenvalue weighted by atomic mass is 9.93. The van der Waals surface area contributed by atoms with Crippen molar-refractivity contribution in [3.63, 3.8) is 0 Å². The minimum atomic E-state index is -0.948. The van der Waals surface area contributed by atoms with Crippen LogP contribution >= 0.6 is 11.6 Å². The topological polar surface area (TPSA) is 53.4 Å². The second kappa shape index (κ2) is 3.82. The van der Waals surface area contributed by atoms with Crippen molar-refractivity contribution in [3.8, 4) is 0 Å². The van der Waals surface area contributed by atoms with Crippen molar-refractivity contribution in [2.45, 2.75) is 4.87 Å². The first-order valence-corrected chi connectivity index (χ1v) is 5.48. The Hall–Kier alpha value is -1.94. The van der Waals surface area contributed by atoms with Gasteiger partial charge in [0, 0.05) is 6.20 Å². The number of halogens is 1. The van der Waals surface area contributed by atoms with E-state index in [2.05, 4.69) is 26.6 Å². The number of H-pyrrole nitrogens is 1. The Labute approximate surface area is 103 Å². The Morgan fingerprint density at radius 3 is 2.71 bits per heavy atom. The van der Waals surface area contributed by atoms with E-state index < -0.39 is 4.87 Å². The van der Waals surface area contributed by atoms with Gasteiger partial charge in [-0.15, -0.1) is 0 Å². The molecule has 1 aromatic heterocycles. The summed E-state index contributed by atoms with van der Waals surface area (Å²) in [6.45, 7) is 0. The minimum Gasteiger partial charge on any atom is -0.285 e. The fraction of sp³-hybridized carbons (Fsp3) is 0.0833. The zero-order valence-corrected chi connectivity index (χ0v) is 9.52. The summed E-state index contributed by atoms with van der Waals surface area (Å²) in [5.74, 6) is 0. The smallest absolute Gasteiger partial charge is 0.161 e. The summed E-state index contributed by atoms with van der Waals surface area (Å²) >= 11 is 6.56. The number of aromatic nitrogens is 2. The number of rotatable bonds is 2. The molecular weight excluding hydrogens is 236 g/mol. The molecule has 2 aromatic rings. The Morgan fingerprint density at radius 2 is 2.00 bits per heavy atom. The fourth-order valence-corrected chi connectivity index (χ4v) is 2.05. The molecule has 83 valence electrons. The standard InChI is InChI=1S/C12H8ClN4/c13-12(9-4-2-1-3-5-9)8-15-17-11(12)10-6-7-14-16-10/h1-7H,(H,14,16). The number of nitrogens with one attached hydrogen (secondary N) is 1. The van der Waals surface area contributed by atoms with Gasteiger partial charge in [-0.25, -0.2) is 0 Å². The first-order valence-electron chi connectivity index (χ1n) is 5.10. The van der Waals surface area contributed by atoms with Gasteiger partial charge in [0.15, 0.2) is 4.87 Å². The van der Waals surface area contributed by atoms with Crippen LogP contribution in [-0.2, 0) is 4.87 Å². The summed E-state index contributed by atoms with van der Waals surface area (Å²) in [5, 5.41) is 14.6. The predicted molar refractivity (Wildman–Crippen MR) is 66.5 cm³/mol. The third-order valence-electron chi connectivity index (χ3n) is 2.60. The van der Waals surface area contributed by atoms with Gasteiger partial charge in [0.2, 0.25) is 0 Å². The van der Waals surface area contributed by atoms with Crippen LogP contribution in [0.3, 0.4) is 0 Å². The molecule has 0 fully saturated rings. The van der Waals surface area contributed by atoms with E-state index in [0.29, 0.717) is 11.4 Å². The molecule has 5 heteroatoms. The molecule has 0 aliphatic carbocycles. The van der Waals surface area contributed by atoms with Crippen LogP contribution in [0.15, 0.2) is 52.8 Å². The van der Waals surface area contributed by atoms with Crippen molar-refractivity contribution in [1.82, 2.24) is 10.2 Å². The van der Waals surface area contributed by atoms with Crippen molar-refractivity contribution >= 4 is 23.5 Å². The highest BCUT2D eigenvalue weighted by Crippen LogP contribution is 2.34. The zero-order valence-electron chi connectivity index (χ0n) is 8.76. The Morgan fingerprint density at radius 1 is 1.18 bits per heavy atom. The third kappa shape index (κ3) is 1.57. The molecule has 0 amide bonds. The average molecular weight is 244 g/mol. The summed E-state index contributed by atoms with van der Waals surface area (Å²) in [7, 11) is 0. The monoisotopic (exact) mass is 243 g/mol. The molecule has 1 aliphatic heterocycles. The minimum absolute atomic E-state index is 0.589. The SMILES string of the molecule is ClC1(c2ccccc2)[C]=NN=C1c1cc[nH]n1. The number of hydrogen-bond donors (Lipinski definition) is 1. The number of aromatic amines is 1. The van der Waals surface area contributed by atoms with Gasteiger partial charge in [0.1, 0.15) is 17.6 Å². The highest BCUT2D eigenvalue weighted by molar-refractivity contribution is 6.47. The number of benzene rings is 1. The molecule has 1 N–H and O–H groups in total. The molecule has 0 saturated carbocycles. The van der Waals surface area contributed by atoms with Crippen molar-refractivity contribution in [2.75, 3.05) is 0 Å². The molecule has 3 rings (SSSR count).